The maximum absolute atomic E-state index is 11.4. The van der Waals surface area contributed by atoms with Crippen LogP contribution in [0.3, 0.4) is 0 Å². The summed E-state index contributed by atoms with van der Waals surface area (Å²) >= 11 is 0. The van der Waals surface area contributed by atoms with E-state index in [-0.39, 0.29) is 6.54 Å². The smallest absolute Gasteiger partial charge is 0.326 e. The summed E-state index contributed by atoms with van der Waals surface area (Å²) in [6, 6.07) is 1.19. The van der Waals surface area contributed by atoms with Crippen molar-refractivity contribution in [2.75, 3.05) is 0 Å². The number of urea groups is 1. The minimum atomic E-state index is -1.36. The van der Waals surface area contributed by atoms with Crippen molar-refractivity contribution in [1.29, 1.82) is 0 Å². The molecule has 1 heterocycles. The summed E-state index contributed by atoms with van der Waals surface area (Å²) in [6.07, 6.45) is 1.00. The first-order valence-corrected chi connectivity index (χ1v) is 5.31. The SMILES string of the molecule is NC(=O)C[C@@H](NC(=O)NCc1cccnn1)C(=O)O. The van der Waals surface area contributed by atoms with Crippen molar-refractivity contribution in [3.8, 4) is 0 Å². The molecule has 0 unspecified atom stereocenters. The second-order valence-corrected chi connectivity index (χ2v) is 3.60. The number of carbonyl (C=O) groups is 3. The lowest BCUT2D eigenvalue weighted by Crippen LogP contribution is -2.47. The number of aromatic nitrogens is 2. The van der Waals surface area contributed by atoms with E-state index in [0.717, 1.165) is 0 Å². The van der Waals surface area contributed by atoms with Crippen LogP contribution in [-0.2, 0) is 16.1 Å². The van der Waals surface area contributed by atoms with Gasteiger partial charge in [-0.25, -0.2) is 9.59 Å². The molecule has 0 bridgehead atoms. The van der Waals surface area contributed by atoms with E-state index in [1.54, 1.807) is 12.1 Å². The van der Waals surface area contributed by atoms with Gasteiger partial charge in [0.15, 0.2) is 0 Å². The zero-order valence-corrected chi connectivity index (χ0v) is 9.87. The zero-order chi connectivity index (χ0) is 14.3. The number of hydrogen-bond acceptors (Lipinski definition) is 5. The Morgan fingerprint density at radius 1 is 1.42 bits per heavy atom. The molecule has 0 spiro atoms. The van der Waals surface area contributed by atoms with Crippen LogP contribution in [0.15, 0.2) is 18.3 Å². The van der Waals surface area contributed by atoms with Gasteiger partial charge >= 0.3 is 12.0 Å². The van der Waals surface area contributed by atoms with Crippen molar-refractivity contribution in [3.05, 3.63) is 24.0 Å². The molecule has 102 valence electrons. The number of amides is 3. The van der Waals surface area contributed by atoms with Crippen molar-refractivity contribution in [3.63, 3.8) is 0 Å². The van der Waals surface area contributed by atoms with E-state index in [4.69, 9.17) is 10.8 Å². The van der Waals surface area contributed by atoms with E-state index >= 15 is 0 Å². The number of rotatable bonds is 6. The molecule has 1 rings (SSSR count). The van der Waals surface area contributed by atoms with Crippen LogP contribution in [0.25, 0.3) is 0 Å². The molecule has 5 N–H and O–H groups in total. The van der Waals surface area contributed by atoms with E-state index in [1.807, 2.05) is 0 Å². The highest BCUT2D eigenvalue weighted by Gasteiger charge is 2.21. The Labute approximate surface area is 108 Å². The normalized spacial score (nSPS) is 11.4. The van der Waals surface area contributed by atoms with Crippen molar-refractivity contribution in [1.82, 2.24) is 20.8 Å². The first-order chi connectivity index (χ1) is 8.99. The van der Waals surface area contributed by atoms with Crippen LogP contribution in [0.4, 0.5) is 4.79 Å². The van der Waals surface area contributed by atoms with Crippen molar-refractivity contribution >= 4 is 17.9 Å². The number of carbonyl (C=O) groups excluding carboxylic acids is 2. The minimum Gasteiger partial charge on any atom is -0.480 e. The lowest BCUT2D eigenvalue weighted by atomic mass is 10.2. The van der Waals surface area contributed by atoms with E-state index < -0.39 is 30.4 Å². The quantitative estimate of drug-likeness (QED) is 0.498. The summed E-state index contributed by atoms with van der Waals surface area (Å²) in [7, 11) is 0. The summed E-state index contributed by atoms with van der Waals surface area (Å²) in [5.74, 6) is -2.16. The van der Waals surface area contributed by atoms with Gasteiger partial charge in [-0.2, -0.15) is 10.2 Å². The molecule has 1 aromatic rings. The fourth-order valence-electron chi connectivity index (χ4n) is 1.21. The first kappa shape index (κ1) is 14.4. The minimum absolute atomic E-state index is 0.0859. The molecule has 9 nitrogen and oxygen atoms in total. The third-order valence-corrected chi connectivity index (χ3v) is 2.07. The second-order valence-electron chi connectivity index (χ2n) is 3.60. The monoisotopic (exact) mass is 267 g/mol. The van der Waals surface area contributed by atoms with Crippen LogP contribution >= 0.6 is 0 Å². The topological polar surface area (TPSA) is 147 Å². The molecule has 0 radical (unpaired) electrons. The highest BCUT2D eigenvalue weighted by molar-refractivity contribution is 5.87. The molecule has 9 heteroatoms. The molecule has 0 aliphatic rings. The van der Waals surface area contributed by atoms with E-state index in [9.17, 15) is 14.4 Å². The number of primary amides is 1. The largest absolute Gasteiger partial charge is 0.480 e. The molecule has 0 aliphatic heterocycles. The summed E-state index contributed by atoms with van der Waals surface area (Å²) in [6.45, 7) is 0.0859. The van der Waals surface area contributed by atoms with Crippen LogP contribution in [-0.4, -0.2) is 39.3 Å². The number of hydrogen-bond donors (Lipinski definition) is 4. The second kappa shape index (κ2) is 6.89. The molecular formula is C10H13N5O4. The fraction of sp³-hybridized carbons (Fsp3) is 0.300. The van der Waals surface area contributed by atoms with Crippen LogP contribution < -0.4 is 16.4 Å². The Hall–Kier alpha value is -2.71. The fourth-order valence-corrected chi connectivity index (χ4v) is 1.21. The van der Waals surface area contributed by atoms with Crippen LogP contribution in [0.2, 0.25) is 0 Å². The molecule has 1 aromatic heterocycles. The lowest BCUT2D eigenvalue weighted by Gasteiger charge is -2.13. The van der Waals surface area contributed by atoms with Gasteiger partial charge in [0, 0.05) is 6.20 Å². The van der Waals surface area contributed by atoms with Gasteiger partial charge in [-0.05, 0) is 12.1 Å². The molecule has 0 saturated carbocycles. The molecule has 0 aromatic carbocycles. The summed E-state index contributed by atoms with van der Waals surface area (Å²) < 4.78 is 0. The molecular weight excluding hydrogens is 254 g/mol. The Balaban J connectivity index is 2.45. The molecule has 0 saturated heterocycles. The predicted octanol–water partition coefficient (Wildman–Crippen LogP) is -1.40. The molecule has 0 fully saturated rings. The third kappa shape index (κ3) is 5.44. The Kier molecular flexibility index (Phi) is 5.20. The molecule has 3 amide bonds. The van der Waals surface area contributed by atoms with Crippen LogP contribution in [0.5, 0.6) is 0 Å². The van der Waals surface area contributed by atoms with Crippen molar-refractivity contribution in [2.45, 2.75) is 19.0 Å². The molecule has 1 atom stereocenters. The number of carboxylic acids is 1. The highest BCUT2D eigenvalue weighted by atomic mass is 16.4. The van der Waals surface area contributed by atoms with Gasteiger partial charge < -0.3 is 21.5 Å². The summed E-state index contributed by atoms with van der Waals surface area (Å²) in [5, 5.41) is 20.6. The van der Waals surface area contributed by atoms with E-state index in [2.05, 4.69) is 20.8 Å². The van der Waals surface area contributed by atoms with Gasteiger partial charge in [-0.3, -0.25) is 4.79 Å². The van der Waals surface area contributed by atoms with Crippen LogP contribution in [0, 0.1) is 0 Å². The van der Waals surface area contributed by atoms with Gasteiger partial charge in [-0.1, -0.05) is 0 Å². The average Bonchev–Trinajstić information content (AvgIpc) is 2.36. The van der Waals surface area contributed by atoms with Gasteiger partial charge in [0.2, 0.25) is 5.91 Å². The predicted molar refractivity (Wildman–Crippen MR) is 62.6 cm³/mol. The molecule has 19 heavy (non-hydrogen) atoms. The van der Waals surface area contributed by atoms with E-state index in [0.29, 0.717) is 5.69 Å². The van der Waals surface area contributed by atoms with Crippen molar-refractivity contribution in [2.24, 2.45) is 5.73 Å². The van der Waals surface area contributed by atoms with Gasteiger partial charge in [-0.15, -0.1) is 0 Å². The number of aliphatic carboxylic acids is 1. The molecule has 0 aliphatic carbocycles. The van der Waals surface area contributed by atoms with E-state index in [1.165, 1.54) is 6.20 Å². The average molecular weight is 267 g/mol. The standard InChI is InChI=1S/C10H13N5O4/c11-8(16)4-7(9(17)18)14-10(19)12-5-6-2-1-3-13-15-6/h1-3,7H,4-5H2,(H2,11,16)(H,17,18)(H2,12,14,19)/t7-/m1/s1. The summed E-state index contributed by atoms with van der Waals surface area (Å²) in [4.78, 5) is 32.8. The highest BCUT2D eigenvalue weighted by Crippen LogP contribution is 1.93. The first-order valence-electron chi connectivity index (χ1n) is 5.31. The van der Waals surface area contributed by atoms with Gasteiger partial charge in [0.05, 0.1) is 18.7 Å². The zero-order valence-electron chi connectivity index (χ0n) is 9.87. The van der Waals surface area contributed by atoms with Crippen LogP contribution in [0.1, 0.15) is 12.1 Å². The number of carboxylic acid groups (broad SMARTS) is 1. The van der Waals surface area contributed by atoms with Crippen molar-refractivity contribution < 1.29 is 19.5 Å². The Bertz CT molecular complexity index is 464. The Morgan fingerprint density at radius 2 is 2.16 bits per heavy atom. The van der Waals surface area contributed by atoms with Gasteiger partial charge in [0.1, 0.15) is 6.04 Å². The number of nitrogens with two attached hydrogens (primary N) is 1. The maximum atomic E-state index is 11.4. The lowest BCUT2D eigenvalue weighted by molar-refractivity contribution is -0.140. The maximum Gasteiger partial charge on any atom is 0.326 e. The van der Waals surface area contributed by atoms with Gasteiger partial charge in [0.25, 0.3) is 0 Å². The summed E-state index contributed by atoms with van der Waals surface area (Å²) in [5.41, 5.74) is 5.39. The third-order valence-electron chi connectivity index (χ3n) is 2.07. The number of nitrogens with one attached hydrogen (secondary N) is 2. The number of nitrogens with zero attached hydrogens (tertiary/aromatic N) is 2. The Morgan fingerprint density at radius 3 is 2.68 bits per heavy atom.